The van der Waals surface area contributed by atoms with E-state index in [-0.39, 0.29) is 55.0 Å². The fourth-order valence-electron chi connectivity index (χ4n) is 12.9. The van der Waals surface area contributed by atoms with Gasteiger partial charge in [-0.1, -0.05) is 242 Å². The number of amides is 1. The fourth-order valence-corrected chi connectivity index (χ4v) is 12.9. The van der Waals surface area contributed by atoms with Crippen molar-refractivity contribution in [3.63, 3.8) is 0 Å². The van der Waals surface area contributed by atoms with Crippen molar-refractivity contribution in [2.75, 3.05) is 31.5 Å². The molecule has 16 nitrogen and oxygen atoms in total. The van der Waals surface area contributed by atoms with Gasteiger partial charge < -0.3 is 46.2 Å². The second kappa shape index (κ2) is 45.4. The number of hydrogen-bond donors (Lipinski definition) is 4. The van der Waals surface area contributed by atoms with E-state index in [1.807, 2.05) is 328 Å². The monoisotopic (exact) mass is 1540 g/mol. The van der Waals surface area contributed by atoms with Crippen LogP contribution in [0.5, 0.6) is 34.5 Å². The number of aryl methyl sites for hydroxylation is 2. The SMILES string of the molecule is CC(=O)[C@H](CN)N(C/C=C/c1cccc(Oc2ccc(C)cc2)c1)Cc1cccc(OCc2ccccc2)c1.CC(=O)[C@H](CN)N(Cc1ccc(OCc2ccccc2)cc1)Cc1ccc(OCc2ccccc2)cc1.CC(=O)[C@H](CN)N(Cc1ccc(OCc2ccccc2)cc1)Cc1cccc(NC(=O)c2ccc(C)cc2)c1. The summed E-state index contributed by atoms with van der Waals surface area (Å²) in [6.07, 6.45) is 4.11. The zero-order chi connectivity index (χ0) is 80.9. The molecule has 1 amide bonds. The number of carbonyl (C=O) groups excluding carboxylic acids is 4. The van der Waals surface area contributed by atoms with Crippen molar-refractivity contribution in [2.24, 2.45) is 17.2 Å². The molecule has 0 aliphatic rings. The van der Waals surface area contributed by atoms with Gasteiger partial charge in [-0.15, -0.1) is 0 Å². The van der Waals surface area contributed by atoms with Crippen LogP contribution in [-0.2, 0) is 73.5 Å². The average molecular weight is 1540 g/mol. The molecule has 12 rings (SSSR count). The first-order valence-electron chi connectivity index (χ1n) is 38.9. The van der Waals surface area contributed by atoms with E-state index in [9.17, 15) is 19.2 Å². The number of Topliss-reactive ketones (excluding diaryl/α,β-unsaturated/α-hetero) is 3. The molecule has 590 valence electrons. The van der Waals surface area contributed by atoms with E-state index in [0.29, 0.717) is 76.9 Å². The molecule has 3 atom stereocenters. The van der Waals surface area contributed by atoms with Gasteiger partial charge in [-0.25, -0.2) is 0 Å². The molecule has 0 spiro atoms. The molecule has 0 aliphatic carbocycles. The molecule has 0 radical (unpaired) electrons. The Labute approximate surface area is 677 Å². The Morgan fingerprint density at radius 2 is 0.670 bits per heavy atom. The highest BCUT2D eigenvalue weighted by molar-refractivity contribution is 6.04. The van der Waals surface area contributed by atoms with E-state index < -0.39 is 6.04 Å². The summed E-state index contributed by atoms with van der Waals surface area (Å²) in [7, 11) is 0. The highest BCUT2D eigenvalue weighted by Crippen LogP contribution is 2.27. The molecule has 0 unspecified atom stereocenters. The molecular formula is C99H105N7O9. The van der Waals surface area contributed by atoms with Crippen LogP contribution in [0.3, 0.4) is 0 Å². The number of nitrogens with zero attached hydrogens (tertiary/aromatic N) is 3. The molecule has 16 heteroatoms. The summed E-state index contributed by atoms with van der Waals surface area (Å²) >= 11 is 0. The molecule has 0 bridgehead atoms. The van der Waals surface area contributed by atoms with Crippen LogP contribution in [-0.4, -0.2) is 82.3 Å². The topological polar surface area (TPSA) is 214 Å². The molecule has 7 N–H and O–H groups in total. The molecule has 0 heterocycles. The third-order valence-electron chi connectivity index (χ3n) is 19.3. The van der Waals surface area contributed by atoms with Crippen molar-refractivity contribution >= 4 is 35.0 Å². The second-order valence-corrected chi connectivity index (χ2v) is 28.4. The van der Waals surface area contributed by atoms with Gasteiger partial charge in [-0.05, 0) is 187 Å². The number of ether oxygens (including phenoxy) is 5. The molecular weight excluding hydrogens is 1430 g/mol. The van der Waals surface area contributed by atoms with E-state index in [2.05, 4.69) is 33.0 Å². The average Bonchev–Trinajstić information content (AvgIpc) is 0.818. The van der Waals surface area contributed by atoms with Gasteiger partial charge in [0.1, 0.15) is 78.3 Å². The molecule has 0 aromatic heterocycles. The lowest BCUT2D eigenvalue weighted by Gasteiger charge is -2.29. The summed E-state index contributed by atoms with van der Waals surface area (Å²) < 4.78 is 29.8. The van der Waals surface area contributed by atoms with Gasteiger partial charge in [0.15, 0.2) is 0 Å². The van der Waals surface area contributed by atoms with E-state index in [1.165, 1.54) is 5.56 Å². The highest BCUT2D eigenvalue weighted by Gasteiger charge is 2.25. The highest BCUT2D eigenvalue weighted by atomic mass is 16.5. The van der Waals surface area contributed by atoms with Crippen LogP contribution >= 0.6 is 0 Å². The summed E-state index contributed by atoms with van der Waals surface area (Å²) in [6, 6.07) is 102. The Hall–Kier alpha value is -12.4. The van der Waals surface area contributed by atoms with Crippen LogP contribution in [0.4, 0.5) is 5.69 Å². The van der Waals surface area contributed by atoms with Crippen LogP contribution in [0.25, 0.3) is 6.08 Å². The summed E-state index contributed by atoms with van der Waals surface area (Å²) in [6.45, 7) is 15.0. The molecule has 0 aliphatic heterocycles. The zero-order valence-corrected chi connectivity index (χ0v) is 66.3. The normalized spacial score (nSPS) is 11.8. The van der Waals surface area contributed by atoms with Crippen molar-refractivity contribution in [2.45, 2.75) is 112 Å². The van der Waals surface area contributed by atoms with E-state index >= 15 is 0 Å². The molecule has 0 saturated carbocycles. The quantitative estimate of drug-likeness (QED) is 0.0283. The van der Waals surface area contributed by atoms with Crippen molar-refractivity contribution in [3.05, 3.63) is 394 Å². The van der Waals surface area contributed by atoms with Crippen LogP contribution in [0.15, 0.2) is 322 Å². The molecule has 0 saturated heterocycles. The standard InChI is InChI=1S/C34H36N2O3.C33H35N3O3.C32H34N2O3/c1-26-16-18-31(19-17-26)39-33-15-6-11-28(21-33)13-8-20-36(34(23-35)27(2)37)24-30-12-7-14-32(22-30)38-25-29-9-4-3-5-10-29;1-24-11-15-29(16-12-24)33(38)35-30-10-6-9-28(19-30)22-36(32(20-34)25(2)37)21-26-13-17-31(18-14-26)39-23-27-7-4-3-5-8-27;1-25(35)32(20-33)34(21-26-12-16-30(17-13-26)36-23-28-8-4-2-5-9-28)22-27-14-18-31(19-15-27)37-24-29-10-6-3-7-11-29/h3-19,21-22,34H,20,23-25,35H2,1-2H3;3-19,32H,20-23,34H2,1-2H3,(H,35,38);2-19,32H,20-24,33H2,1H3/b13-8+;;/t34-;2*32-/m000/s1. The Morgan fingerprint density at radius 1 is 0.330 bits per heavy atom. The maximum atomic E-state index is 12.7. The number of anilines is 1. The first-order valence-corrected chi connectivity index (χ1v) is 38.9. The predicted molar refractivity (Wildman–Crippen MR) is 461 cm³/mol. The number of ketones is 3. The summed E-state index contributed by atoms with van der Waals surface area (Å²) in [4.78, 5) is 56.3. The lowest BCUT2D eigenvalue weighted by atomic mass is 10.1. The van der Waals surface area contributed by atoms with Gasteiger partial charge in [0.05, 0.1) is 18.1 Å². The van der Waals surface area contributed by atoms with Gasteiger partial charge in [0.2, 0.25) is 0 Å². The maximum Gasteiger partial charge on any atom is 0.255 e. The van der Waals surface area contributed by atoms with Gasteiger partial charge in [-0.3, -0.25) is 33.9 Å². The third kappa shape index (κ3) is 28.6. The lowest BCUT2D eigenvalue weighted by Crippen LogP contribution is -2.44. The predicted octanol–water partition coefficient (Wildman–Crippen LogP) is 18.3. The minimum atomic E-state index is -0.426. The maximum absolute atomic E-state index is 12.7. The number of nitrogens with two attached hydrogens (primary N) is 3. The summed E-state index contributed by atoms with van der Waals surface area (Å²) in [5, 5.41) is 2.97. The number of benzene rings is 12. The van der Waals surface area contributed by atoms with Gasteiger partial charge >= 0.3 is 0 Å². The van der Waals surface area contributed by atoms with Crippen LogP contribution in [0.1, 0.15) is 97.9 Å². The first-order chi connectivity index (χ1) is 56.0. The fraction of sp³-hybridized carbons (Fsp3) is 0.212. The van der Waals surface area contributed by atoms with Crippen molar-refractivity contribution in [1.82, 2.24) is 14.7 Å². The zero-order valence-electron chi connectivity index (χ0n) is 66.3. The Bertz CT molecular complexity index is 4870. The molecule has 0 fully saturated rings. The van der Waals surface area contributed by atoms with Crippen LogP contribution in [0.2, 0.25) is 0 Å². The summed E-state index contributed by atoms with van der Waals surface area (Å²) in [5.41, 5.74) is 32.4. The minimum absolute atomic E-state index is 0.0177. The van der Waals surface area contributed by atoms with E-state index in [4.69, 9.17) is 40.9 Å². The Morgan fingerprint density at radius 3 is 1.09 bits per heavy atom. The van der Waals surface area contributed by atoms with Crippen LogP contribution in [0, 0.1) is 13.8 Å². The smallest absolute Gasteiger partial charge is 0.255 e. The van der Waals surface area contributed by atoms with Crippen LogP contribution < -0.4 is 46.2 Å². The minimum Gasteiger partial charge on any atom is -0.489 e. The van der Waals surface area contributed by atoms with Crippen molar-refractivity contribution < 1.29 is 42.9 Å². The Balaban J connectivity index is 0.000000182. The molecule has 12 aromatic rings. The van der Waals surface area contributed by atoms with Crippen molar-refractivity contribution in [1.29, 1.82) is 0 Å². The third-order valence-corrected chi connectivity index (χ3v) is 19.3. The van der Waals surface area contributed by atoms with Gasteiger partial charge in [0.25, 0.3) is 5.91 Å². The molecule has 12 aromatic carbocycles. The number of hydrogen-bond acceptors (Lipinski definition) is 15. The molecule has 115 heavy (non-hydrogen) atoms. The number of nitrogens with one attached hydrogen (secondary N) is 1. The Kier molecular flexibility index (Phi) is 33.5. The van der Waals surface area contributed by atoms with E-state index in [0.717, 1.165) is 95.7 Å². The number of rotatable bonds is 38. The van der Waals surface area contributed by atoms with E-state index in [1.54, 1.807) is 20.8 Å². The first kappa shape index (κ1) is 85.1. The largest absolute Gasteiger partial charge is 0.489 e. The number of carbonyl (C=O) groups is 4. The lowest BCUT2D eigenvalue weighted by molar-refractivity contribution is -0.123. The second-order valence-electron chi connectivity index (χ2n) is 28.4. The van der Waals surface area contributed by atoms with Gasteiger partial charge in [-0.2, -0.15) is 0 Å². The van der Waals surface area contributed by atoms with Crippen molar-refractivity contribution in [3.8, 4) is 34.5 Å². The van der Waals surface area contributed by atoms with Gasteiger partial charge in [0, 0.05) is 70.2 Å². The summed E-state index contributed by atoms with van der Waals surface area (Å²) in [5.74, 6) is 4.75.